The molecule has 1 aliphatic heterocycles. The summed E-state index contributed by atoms with van der Waals surface area (Å²) in [6.07, 6.45) is 9.86. The summed E-state index contributed by atoms with van der Waals surface area (Å²) in [7, 11) is -4.14. The number of nitrogens with one attached hydrogen (secondary N) is 1. The number of benzene rings is 1. The number of hydrogen-bond acceptors (Lipinski definition) is 5. The first-order valence-electron chi connectivity index (χ1n) is 12.4. The molecular weight excluding hydrogens is 439 g/mol. The maximum absolute atomic E-state index is 13.4. The normalized spacial score (nSPS) is 27.0. The van der Waals surface area contributed by atoms with E-state index in [9.17, 15) is 9.36 Å². The third-order valence-corrected chi connectivity index (χ3v) is 8.78. The highest BCUT2D eigenvalue weighted by Crippen LogP contribution is 2.42. The summed E-state index contributed by atoms with van der Waals surface area (Å²) in [5.74, 6) is 1.99. The Bertz CT molecular complexity index is 1080. The van der Waals surface area contributed by atoms with E-state index in [1.54, 1.807) is 0 Å². The standard InChI is InChI=1S/C24H35N4O4P/c29-24-23(25-10-13-33(30,31)32)26-21-6-1-2-7-22(21)28(24)19-8-11-27(12-9-19)20-15-17-4-3-5-18(14-17)16-20/h1-2,6-7,17-20H,3-5,8-16H2,(H,25,26)(H2,30,31,32)/t17-,18+,20?. The largest absolute Gasteiger partial charge is 0.365 e. The van der Waals surface area contributed by atoms with Gasteiger partial charge < -0.3 is 24.6 Å². The fourth-order valence-electron chi connectivity index (χ4n) is 6.46. The zero-order valence-electron chi connectivity index (χ0n) is 19.1. The molecule has 0 radical (unpaired) electrons. The van der Waals surface area contributed by atoms with Crippen LogP contribution in [-0.2, 0) is 4.57 Å². The molecule has 2 aromatic rings. The van der Waals surface area contributed by atoms with E-state index < -0.39 is 7.60 Å². The highest BCUT2D eigenvalue weighted by atomic mass is 31.2. The summed E-state index contributed by atoms with van der Waals surface area (Å²) in [5.41, 5.74) is 1.34. The van der Waals surface area contributed by atoms with Crippen LogP contribution in [0, 0.1) is 11.8 Å². The second kappa shape index (κ2) is 9.49. The van der Waals surface area contributed by atoms with Gasteiger partial charge >= 0.3 is 7.60 Å². The quantitative estimate of drug-likeness (QED) is 0.549. The second-order valence-corrected chi connectivity index (χ2v) is 12.0. The molecule has 3 fully saturated rings. The fourth-order valence-corrected chi connectivity index (χ4v) is 6.86. The molecule has 0 spiro atoms. The Morgan fingerprint density at radius 1 is 1.00 bits per heavy atom. The van der Waals surface area contributed by atoms with Crippen LogP contribution in [0.15, 0.2) is 29.1 Å². The van der Waals surface area contributed by atoms with Gasteiger partial charge in [0.2, 0.25) is 0 Å². The monoisotopic (exact) mass is 474 g/mol. The molecule has 2 saturated carbocycles. The molecule has 3 N–H and O–H groups in total. The van der Waals surface area contributed by atoms with Crippen molar-refractivity contribution in [3.63, 3.8) is 0 Å². The van der Waals surface area contributed by atoms with E-state index in [-0.39, 0.29) is 30.1 Å². The van der Waals surface area contributed by atoms with Crippen LogP contribution in [0.2, 0.25) is 0 Å². The van der Waals surface area contributed by atoms with E-state index in [2.05, 4.69) is 15.2 Å². The predicted octanol–water partition coefficient (Wildman–Crippen LogP) is 3.59. The average molecular weight is 475 g/mol. The lowest BCUT2D eigenvalue weighted by atomic mass is 9.70. The van der Waals surface area contributed by atoms with Crippen molar-refractivity contribution in [2.24, 2.45) is 11.8 Å². The lowest BCUT2D eigenvalue weighted by Gasteiger charge is -2.46. The van der Waals surface area contributed by atoms with Gasteiger partial charge in [-0.25, -0.2) is 4.98 Å². The first-order valence-corrected chi connectivity index (χ1v) is 14.2. The number of fused-ring (bicyclic) bond motifs is 3. The number of likely N-dealkylation sites (tertiary alicyclic amines) is 1. The number of nitrogens with zero attached hydrogens (tertiary/aromatic N) is 3. The molecule has 0 amide bonds. The third kappa shape index (κ3) is 5.19. The molecule has 3 atom stereocenters. The first-order chi connectivity index (χ1) is 15.9. The van der Waals surface area contributed by atoms with Gasteiger partial charge in [-0.15, -0.1) is 0 Å². The lowest BCUT2D eigenvalue weighted by molar-refractivity contribution is 0.0509. The van der Waals surface area contributed by atoms with Gasteiger partial charge in [0.25, 0.3) is 5.56 Å². The first kappa shape index (κ1) is 23.0. The van der Waals surface area contributed by atoms with E-state index in [4.69, 9.17) is 9.79 Å². The molecule has 2 aliphatic carbocycles. The molecule has 1 unspecified atom stereocenters. The number of aromatic nitrogens is 2. The van der Waals surface area contributed by atoms with Gasteiger partial charge in [0.05, 0.1) is 17.2 Å². The van der Waals surface area contributed by atoms with E-state index >= 15 is 0 Å². The Kier molecular flexibility index (Phi) is 6.62. The molecule has 1 aromatic heterocycles. The minimum absolute atomic E-state index is 0.00726. The van der Waals surface area contributed by atoms with Crippen molar-refractivity contribution in [2.75, 3.05) is 31.1 Å². The third-order valence-electron chi connectivity index (χ3n) is 7.97. The van der Waals surface area contributed by atoms with Gasteiger partial charge in [-0.05, 0) is 56.1 Å². The van der Waals surface area contributed by atoms with Crippen molar-refractivity contribution in [1.82, 2.24) is 14.5 Å². The molecule has 5 rings (SSSR count). The highest BCUT2D eigenvalue weighted by molar-refractivity contribution is 7.51. The summed E-state index contributed by atoms with van der Waals surface area (Å²) in [6.45, 7) is 2.03. The average Bonchev–Trinajstić information content (AvgIpc) is 2.79. The van der Waals surface area contributed by atoms with Crippen molar-refractivity contribution in [1.29, 1.82) is 0 Å². The van der Waals surface area contributed by atoms with Crippen molar-refractivity contribution in [3.05, 3.63) is 34.6 Å². The van der Waals surface area contributed by atoms with Gasteiger partial charge in [0, 0.05) is 31.7 Å². The molecule has 1 saturated heterocycles. The second-order valence-electron chi connectivity index (χ2n) is 10.2. The zero-order valence-corrected chi connectivity index (χ0v) is 20.0. The molecule has 180 valence electrons. The van der Waals surface area contributed by atoms with Gasteiger partial charge in [-0.3, -0.25) is 9.36 Å². The van der Waals surface area contributed by atoms with E-state index in [0.717, 1.165) is 48.8 Å². The maximum atomic E-state index is 13.4. The van der Waals surface area contributed by atoms with E-state index in [0.29, 0.717) is 6.04 Å². The molecule has 2 bridgehead atoms. The van der Waals surface area contributed by atoms with Crippen molar-refractivity contribution in [3.8, 4) is 0 Å². The van der Waals surface area contributed by atoms with Crippen LogP contribution in [-0.4, -0.2) is 56.1 Å². The molecule has 3 aliphatic rings. The Labute approximate surface area is 194 Å². The van der Waals surface area contributed by atoms with Crippen LogP contribution in [0.25, 0.3) is 11.0 Å². The van der Waals surface area contributed by atoms with E-state index in [1.807, 2.05) is 28.8 Å². The van der Waals surface area contributed by atoms with Gasteiger partial charge in [0.15, 0.2) is 5.82 Å². The number of anilines is 1. The molecule has 2 heterocycles. The summed E-state index contributed by atoms with van der Waals surface area (Å²) >= 11 is 0. The van der Waals surface area contributed by atoms with Crippen molar-refractivity contribution >= 4 is 24.4 Å². The molecule has 9 heteroatoms. The summed E-state index contributed by atoms with van der Waals surface area (Å²) < 4.78 is 13.1. The Morgan fingerprint density at radius 3 is 2.39 bits per heavy atom. The number of hydrogen-bond donors (Lipinski definition) is 3. The van der Waals surface area contributed by atoms with Gasteiger partial charge in [-0.2, -0.15) is 0 Å². The number of piperidine rings is 1. The summed E-state index contributed by atoms with van der Waals surface area (Å²) in [6, 6.07) is 8.45. The van der Waals surface area contributed by atoms with Crippen LogP contribution in [0.1, 0.15) is 57.4 Å². The Morgan fingerprint density at radius 2 is 1.70 bits per heavy atom. The van der Waals surface area contributed by atoms with Crippen LogP contribution in [0.5, 0.6) is 0 Å². The maximum Gasteiger partial charge on any atom is 0.327 e. The van der Waals surface area contributed by atoms with Gasteiger partial charge in [0.1, 0.15) is 0 Å². The Hall–Kier alpha value is -1.73. The summed E-state index contributed by atoms with van der Waals surface area (Å²) in [5, 5.41) is 2.88. The minimum Gasteiger partial charge on any atom is -0.365 e. The van der Waals surface area contributed by atoms with Gasteiger partial charge in [-0.1, -0.05) is 31.4 Å². The van der Waals surface area contributed by atoms with Crippen LogP contribution in [0.4, 0.5) is 5.82 Å². The number of para-hydroxylation sites is 2. The van der Waals surface area contributed by atoms with Crippen LogP contribution in [0.3, 0.4) is 0 Å². The SMILES string of the molecule is O=c1c(NCCP(=O)(O)O)nc2ccccc2n1C1CCN(C2C[C@H]3CCC[C@@H](C2)C3)CC1. The fraction of sp³-hybridized carbons (Fsp3) is 0.667. The topological polar surface area (TPSA) is 108 Å². The highest BCUT2D eigenvalue weighted by Gasteiger charge is 2.36. The lowest BCUT2D eigenvalue weighted by Crippen LogP contribution is -2.47. The van der Waals surface area contributed by atoms with Crippen LogP contribution >= 0.6 is 7.60 Å². The van der Waals surface area contributed by atoms with Crippen molar-refractivity contribution < 1.29 is 14.4 Å². The zero-order chi connectivity index (χ0) is 23.0. The molecule has 33 heavy (non-hydrogen) atoms. The molecular formula is C24H35N4O4P. The number of rotatable bonds is 6. The van der Waals surface area contributed by atoms with E-state index in [1.165, 1.54) is 38.5 Å². The minimum atomic E-state index is -4.14. The predicted molar refractivity (Wildman–Crippen MR) is 130 cm³/mol. The molecule has 8 nitrogen and oxygen atoms in total. The van der Waals surface area contributed by atoms with Crippen LogP contribution < -0.4 is 10.9 Å². The van der Waals surface area contributed by atoms with Crippen molar-refractivity contribution in [2.45, 2.75) is 63.5 Å². The summed E-state index contributed by atoms with van der Waals surface area (Å²) in [4.78, 5) is 38.8. The molecule has 1 aromatic carbocycles. The smallest absolute Gasteiger partial charge is 0.327 e. The Balaban J connectivity index is 1.33.